The molecule has 0 aromatic heterocycles. The Hall–Kier alpha value is -2.74. The van der Waals surface area contributed by atoms with Crippen LogP contribution in [0.15, 0.2) is 41.5 Å². The van der Waals surface area contributed by atoms with Crippen LogP contribution in [-0.4, -0.2) is 92.0 Å². The van der Waals surface area contributed by atoms with Crippen LogP contribution in [0.3, 0.4) is 0 Å². The van der Waals surface area contributed by atoms with Gasteiger partial charge in [0.25, 0.3) is 3.79 Å². The van der Waals surface area contributed by atoms with Gasteiger partial charge < -0.3 is 33.9 Å². The van der Waals surface area contributed by atoms with Gasteiger partial charge in [-0.2, -0.15) is 0 Å². The van der Waals surface area contributed by atoms with E-state index in [0.29, 0.717) is 0 Å². The van der Waals surface area contributed by atoms with E-state index in [4.69, 9.17) is 58.5 Å². The second kappa shape index (κ2) is 12.2. The highest BCUT2D eigenvalue weighted by Crippen LogP contribution is 2.64. The minimum Gasteiger partial charge on any atom is -0.458 e. The number of esters is 4. The van der Waals surface area contributed by atoms with Crippen LogP contribution in [0, 0.1) is 16.7 Å². The number of halogens is 3. The molecule has 9 atom stereocenters. The summed E-state index contributed by atoms with van der Waals surface area (Å²) in [5, 5.41) is 24.5. The predicted octanol–water partition coefficient (Wildman–Crippen LogP) is 3.57. The summed E-state index contributed by atoms with van der Waals surface area (Å²) in [5.74, 6) is -6.32. The van der Waals surface area contributed by atoms with E-state index in [1.165, 1.54) is 26.0 Å². The Kier molecular flexibility index (Phi) is 9.32. The molecule has 1 aromatic carbocycles. The Labute approximate surface area is 291 Å². The number of alkyl halides is 3. The number of carbonyl (C=O) groups is 5. The maximum absolute atomic E-state index is 15.3. The Balaban J connectivity index is 1.87. The minimum absolute atomic E-state index is 0.0596. The Bertz CT molecular complexity index is 1570. The van der Waals surface area contributed by atoms with Crippen LogP contribution < -0.4 is 0 Å². The van der Waals surface area contributed by atoms with Crippen molar-refractivity contribution >= 4 is 64.5 Å². The monoisotopic (exact) mass is 730 g/mol. The smallest absolute Gasteiger partial charge is 0.358 e. The lowest BCUT2D eigenvalue weighted by atomic mass is 9.44. The van der Waals surface area contributed by atoms with Crippen LogP contribution >= 0.6 is 34.8 Å². The van der Waals surface area contributed by atoms with Crippen LogP contribution in [0.25, 0.3) is 0 Å². The van der Waals surface area contributed by atoms with Gasteiger partial charge in [0.1, 0.15) is 23.9 Å². The van der Waals surface area contributed by atoms with Gasteiger partial charge in [0.2, 0.25) is 0 Å². The lowest BCUT2D eigenvalue weighted by Crippen LogP contribution is -2.82. The summed E-state index contributed by atoms with van der Waals surface area (Å²) in [6, 6.07) is 7.85. The SMILES string of the molecule is CC(=O)O[C@H]1C(=O)[C@@]2(C)C([C@H](OC(=O)c3ccccc3)[C@]3(O)C[C@H](O)C(C)=C1C3(C)C)[C@]1(OC(C)=O)CO[C@@H]1C[C@@H]2OC(=O)C(Cl)(Cl)Cl. The first-order chi connectivity index (χ1) is 22.1. The van der Waals surface area contributed by atoms with E-state index in [9.17, 15) is 29.4 Å². The molecule has 2 saturated carbocycles. The highest BCUT2D eigenvalue weighted by molar-refractivity contribution is 6.75. The molecule has 1 heterocycles. The lowest BCUT2D eigenvalue weighted by molar-refractivity contribution is -0.346. The summed E-state index contributed by atoms with van der Waals surface area (Å²) in [6.07, 6.45) is -8.20. The fraction of sp³-hybridized carbons (Fsp3) is 0.606. The molecule has 2 bridgehead atoms. The third kappa shape index (κ3) is 5.52. The zero-order chi connectivity index (χ0) is 35.8. The molecule has 3 aliphatic carbocycles. The average molecular weight is 732 g/mol. The molecule has 262 valence electrons. The number of ether oxygens (including phenoxy) is 5. The van der Waals surface area contributed by atoms with E-state index in [2.05, 4.69) is 0 Å². The Morgan fingerprint density at radius 3 is 2.12 bits per heavy atom. The second-order valence-corrected chi connectivity index (χ2v) is 15.9. The number of Topliss-reactive ketones (excluding diaryl/α,β-unsaturated/α-hetero) is 1. The van der Waals surface area contributed by atoms with E-state index in [1.54, 1.807) is 32.0 Å². The van der Waals surface area contributed by atoms with Gasteiger partial charge in [-0.1, -0.05) is 66.8 Å². The summed E-state index contributed by atoms with van der Waals surface area (Å²) in [5.41, 5.74) is -7.26. The third-order valence-corrected chi connectivity index (χ3v) is 11.1. The van der Waals surface area contributed by atoms with Crippen LogP contribution in [0.1, 0.15) is 64.7 Å². The lowest BCUT2D eigenvalue weighted by Gasteiger charge is -2.67. The molecule has 5 rings (SSSR count). The molecule has 3 fully saturated rings. The van der Waals surface area contributed by atoms with E-state index >= 15 is 4.79 Å². The zero-order valence-electron chi connectivity index (χ0n) is 27.1. The molecule has 1 aromatic rings. The van der Waals surface area contributed by atoms with Crippen molar-refractivity contribution in [1.29, 1.82) is 0 Å². The number of aliphatic hydroxyl groups excluding tert-OH is 1. The number of rotatable bonds is 5. The van der Waals surface area contributed by atoms with Gasteiger partial charge in [0.05, 0.1) is 29.6 Å². The van der Waals surface area contributed by atoms with Gasteiger partial charge in [-0.25, -0.2) is 9.59 Å². The van der Waals surface area contributed by atoms with Crippen LogP contribution in [0.5, 0.6) is 0 Å². The number of aliphatic hydroxyl groups is 2. The Morgan fingerprint density at radius 1 is 0.979 bits per heavy atom. The van der Waals surface area contributed by atoms with Crippen molar-refractivity contribution in [2.24, 2.45) is 16.7 Å². The number of fused-ring (bicyclic) bond motifs is 5. The summed E-state index contributed by atoms with van der Waals surface area (Å²) in [7, 11) is 0. The van der Waals surface area contributed by atoms with Gasteiger partial charge in [-0.05, 0) is 37.1 Å². The molecule has 1 unspecified atom stereocenters. The maximum Gasteiger partial charge on any atom is 0.358 e. The van der Waals surface area contributed by atoms with Crippen LogP contribution in [-0.2, 0) is 42.9 Å². The topological polar surface area (TPSA) is 172 Å². The van der Waals surface area contributed by atoms with Crippen molar-refractivity contribution in [3.8, 4) is 0 Å². The normalized spacial score (nSPS) is 37.0. The summed E-state index contributed by atoms with van der Waals surface area (Å²) in [6.45, 7) is 7.97. The van der Waals surface area contributed by atoms with Gasteiger partial charge in [-0.15, -0.1) is 0 Å². The Morgan fingerprint density at radius 2 is 1.60 bits per heavy atom. The zero-order valence-corrected chi connectivity index (χ0v) is 29.4. The maximum atomic E-state index is 15.3. The fourth-order valence-corrected chi connectivity index (χ4v) is 8.38. The largest absolute Gasteiger partial charge is 0.458 e. The summed E-state index contributed by atoms with van der Waals surface area (Å²) >= 11 is 17.7. The molecule has 15 heteroatoms. The first kappa shape index (κ1) is 36.5. The molecule has 1 saturated heterocycles. The first-order valence-electron chi connectivity index (χ1n) is 15.3. The molecule has 0 radical (unpaired) electrons. The molecule has 2 N–H and O–H groups in total. The molecule has 4 aliphatic rings. The quantitative estimate of drug-likeness (QED) is 0.196. The van der Waals surface area contributed by atoms with Gasteiger partial charge >= 0.3 is 23.9 Å². The molecular weight excluding hydrogens is 695 g/mol. The van der Waals surface area contributed by atoms with Crippen molar-refractivity contribution in [1.82, 2.24) is 0 Å². The van der Waals surface area contributed by atoms with E-state index < -0.39 is 98.3 Å². The van der Waals surface area contributed by atoms with Gasteiger partial charge in [0, 0.05) is 32.1 Å². The third-order valence-electron chi connectivity index (χ3n) is 10.7. The predicted molar refractivity (Wildman–Crippen MR) is 169 cm³/mol. The average Bonchev–Trinajstić information content (AvgIpc) is 2.97. The minimum atomic E-state index is -2.59. The van der Waals surface area contributed by atoms with Crippen molar-refractivity contribution in [2.75, 3.05) is 6.61 Å². The van der Waals surface area contributed by atoms with E-state index in [0.717, 1.165) is 13.8 Å². The molecular formula is C33H37Cl3O12. The van der Waals surface area contributed by atoms with Crippen molar-refractivity contribution in [3.63, 3.8) is 0 Å². The number of benzene rings is 1. The van der Waals surface area contributed by atoms with Crippen LogP contribution in [0.2, 0.25) is 0 Å². The van der Waals surface area contributed by atoms with Gasteiger partial charge in [-0.3, -0.25) is 14.4 Å². The first-order valence-corrected chi connectivity index (χ1v) is 16.4. The highest BCUT2D eigenvalue weighted by Gasteiger charge is 2.79. The number of carbonyl (C=O) groups excluding carboxylic acids is 5. The van der Waals surface area contributed by atoms with Crippen molar-refractivity contribution in [2.45, 2.75) is 99.9 Å². The molecule has 1 aliphatic heterocycles. The van der Waals surface area contributed by atoms with E-state index in [-0.39, 0.29) is 29.7 Å². The summed E-state index contributed by atoms with van der Waals surface area (Å²) in [4.78, 5) is 67.8. The number of hydrogen-bond acceptors (Lipinski definition) is 12. The van der Waals surface area contributed by atoms with Gasteiger partial charge in [0.15, 0.2) is 17.5 Å². The second-order valence-electron chi connectivity index (χ2n) is 13.6. The fourth-order valence-electron chi connectivity index (χ4n) is 8.25. The highest BCUT2D eigenvalue weighted by atomic mass is 35.6. The van der Waals surface area contributed by atoms with Crippen molar-refractivity contribution < 1.29 is 57.9 Å². The number of ketones is 1. The molecule has 48 heavy (non-hydrogen) atoms. The molecule has 0 spiro atoms. The standard InChI is InChI=1S/C33H37Cl3O12/c1-15-19(39)13-32(43)26(47-27(41)18-10-8-7-9-11-18)24-30(6,25(40)23(45-16(2)37)22(15)29(32,4)5)20(46-28(42)33(34,35)36)12-21-31(24,14-44-21)48-17(3)38/h7-11,19-21,23-24,26,39,43H,12-14H2,1-6H3/t19-,20-,21+,23+,24?,26-,30+,31-,32+/m0/s1. The number of hydrogen-bond donors (Lipinski definition) is 2. The molecule has 0 amide bonds. The summed E-state index contributed by atoms with van der Waals surface area (Å²) < 4.78 is 26.9. The van der Waals surface area contributed by atoms with Crippen molar-refractivity contribution in [3.05, 3.63) is 47.0 Å². The van der Waals surface area contributed by atoms with E-state index in [1.807, 2.05) is 0 Å². The molecule has 12 nitrogen and oxygen atoms in total. The van der Waals surface area contributed by atoms with Crippen LogP contribution in [0.4, 0.5) is 0 Å².